The average Bonchev–Trinajstić information content (AvgIpc) is 2.42. The van der Waals surface area contributed by atoms with Crippen LogP contribution in [0.3, 0.4) is 0 Å². The fraction of sp³-hybridized carbons (Fsp3) is 0.562. The predicted octanol–water partition coefficient (Wildman–Crippen LogP) is 4.77. The monoisotopic (exact) mass is 331 g/mol. The minimum atomic E-state index is -0.105. The van der Waals surface area contributed by atoms with E-state index in [-0.39, 0.29) is 12.0 Å². The minimum Gasteiger partial charge on any atom is -0.466 e. The fourth-order valence-electron chi connectivity index (χ4n) is 2.09. The summed E-state index contributed by atoms with van der Waals surface area (Å²) in [5, 5.41) is 4.76. The Morgan fingerprint density at radius 1 is 1.29 bits per heavy atom. The third kappa shape index (κ3) is 7.16. The van der Waals surface area contributed by atoms with Gasteiger partial charge in [-0.2, -0.15) is 0 Å². The molecule has 1 N–H and O–H groups in total. The molecule has 0 fully saturated rings. The molecule has 0 heterocycles. The number of rotatable bonds is 9. The van der Waals surface area contributed by atoms with Crippen LogP contribution in [0.2, 0.25) is 10.0 Å². The maximum absolute atomic E-state index is 11.2. The Bertz CT molecular complexity index is 452. The molecule has 0 aliphatic heterocycles. The second kappa shape index (κ2) is 10.0. The highest BCUT2D eigenvalue weighted by atomic mass is 35.5. The Labute approximate surface area is 137 Å². The van der Waals surface area contributed by atoms with Crippen molar-refractivity contribution in [3.8, 4) is 0 Å². The van der Waals surface area contributed by atoms with Crippen LogP contribution in [0.1, 0.15) is 51.1 Å². The summed E-state index contributed by atoms with van der Waals surface area (Å²) in [5.74, 6) is -0.105. The van der Waals surface area contributed by atoms with Gasteiger partial charge in [0.05, 0.1) is 6.61 Å². The summed E-state index contributed by atoms with van der Waals surface area (Å²) < 4.78 is 4.89. The smallest absolute Gasteiger partial charge is 0.305 e. The van der Waals surface area contributed by atoms with Crippen LogP contribution in [0.5, 0.6) is 0 Å². The van der Waals surface area contributed by atoms with Crippen LogP contribution in [-0.4, -0.2) is 19.1 Å². The highest BCUT2D eigenvalue weighted by molar-refractivity contribution is 6.35. The van der Waals surface area contributed by atoms with Crippen molar-refractivity contribution in [1.29, 1.82) is 0 Å². The second-order valence-corrected chi connectivity index (χ2v) is 5.80. The van der Waals surface area contributed by atoms with E-state index >= 15 is 0 Å². The molecule has 1 aromatic rings. The zero-order chi connectivity index (χ0) is 15.7. The van der Waals surface area contributed by atoms with Gasteiger partial charge in [-0.1, -0.05) is 35.7 Å². The quantitative estimate of drug-likeness (QED) is 0.523. The highest BCUT2D eigenvalue weighted by Gasteiger charge is 2.09. The molecule has 0 amide bonds. The standard InChI is InChI=1S/C16H23Cl2NO2/c1-3-21-16(20)7-5-4-6-10-19-12(2)14-9-8-13(17)11-15(14)18/h8-9,11-12,19H,3-7,10H2,1-2H3. The van der Waals surface area contributed by atoms with Crippen molar-refractivity contribution >= 4 is 29.2 Å². The van der Waals surface area contributed by atoms with Crippen molar-refractivity contribution < 1.29 is 9.53 Å². The molecule has 0 radical (unpaired) electrons. The van der Waals surface area contributed by atoms with Crippen LogP contribution in [0.4, 0.5) is 0 Å². The van der Waals surface area contributed by atoms with Crippen molar-refractivity contribution in [2.45, 2.75) is 45.6 Å². The molecule has 0 spiro atoms. The number of carbonyl (C=O) groups is 1. The zero-order valence-corrected chi connectivity index (χ0v) is 14.1. The lowest BCUT2D eigenvalue weighted by atomic mass is 10.1. The van der Waals surface area contributed by atoms with Gasteiger partial charge in [0.2, 0.25) is 0 Å². The van der Waals surface area contributed by atoms with Crippen molar-refractivity contribution in [3.05, 3.63) is 33.8 Å². The van der Waals surface area contributed by atoms with Gasteiger partial charge in [0.25, 0.3) is 0 Å². The lowest BCUT2D eigenvalue weighted by molar-refractivity contribution is -0.143. The molecule has 21 heavy (non-hydrogen) atoms. The fourth-order valence-corrected chi connectivity index (χ4v) is 2.66. The summed E-state index contributed by atoms with van der Waals surface area (Å²) in [7, 11) is 0. The lowest BCUT2D eigenvalue weighted by Crippen LogP contribution is -2.20. The van der Waals surface area contributed by atoms with Crippen LogP contribution in [0.15, 0.2) is 18.2 Å². The molecule has 0 saturated carbocycles. The van der Waals surface area contributed by atoms with Crippen molar-refractivity contribution in [2.24, 2.45) is 0 Å². The average molecular weight is 332 g/mol. The van der Waals surface area contributed by atoms with Gasteiger partial charge in [-0.15, -0.1) is 0 Å². The number of hydrogen-bond acceptors (Lipinski definition) is 3. The minimum absolute atomic E-state index is 0.105. The van der Waals surface area contributed by atoms with Crippen LogP contribution in [-0.2, 0) is 9.53 Å². The zero-order valence-electron chi connectivity index (χ0n) is 12.6. The summed E-state index contributed by atoms with van der Waals surface area (Å²) in [6, 6.07) is 5.74. The number of halogens is 2. The first-order chi connectivity index (χ1) is 10.0. The van der Waals surface area contributed by atoms with E-state index in [0.717, 1.165) is 31.4 Å². The van der Waals surface area contributed by atoms with Gasteiger partial charge in [0.1, 0.15) is 0 Å². The maximum Gasteiger partial charge on any atom is 0.305 e. The third-order valence-corrected chi connectivity index (χ3v) is 3.80. The van der Waals surface area contributed by atoms with E-state index in [1.165, 1.54) is 0 Å². The molecule has 1 aromatic carbocycles. The molecule has 1 rings (SSSR count). The number of ether oxygens (including phenoxy) is 1. The molecule has 118 valence electrons. The number of carbonyl (C=O) groups excluding carboxylic acids is 1. The Kier molecular flexibility index (Phi) is 8.74. The van der Waals surface area contributed by atoms with Crippen molar-refractivity contribution in [1.82, 2.24) is 5.32 Å². The molecule has 0 aliphatic rings. The molecule has 1 unspecified atom stereocenters. The molecule has 0 saturated heterocycles. The number of esters is 1. The first kappa shape index (κ1) is 18.3. The van der Waals surface area contributed by atoms with Crippen LogP contribution >= 0.6 is 23.2 Å². The Morgan fingerprint density at radius 3 is 2.71 bits per heavy atom. The third-order valence-electron chi connectivity index (χ3n) is 3.24. The van der Waals surface area contributed by atoms with E-state index in [1.54, 1.807) is 6.07 Å². The second-order valence-electron chi connectivity index (χ2n) is 4.96. The van der Waals surface area contributed by atoms with Gasteiger partial charge in [-0.05, 0) is 50.9 Å². The van der Waals surface area contributed by atoms with Gasteiger partial charge in [-0.25, -0.2) is 0 Å². The van der Waals surface area contributed by atoms with Crippen molar-refractivity contribution in [2.75, 3.05) is 13.2 Å². The highest BCUT2D eigenvalue weighted by Crippen LogP contribution is 2.26. The maximum atomic E-state index is 11.2. The Balaban J connectivity index is 2.19. The normalized spacial score (nSPS) is 12.2. The molecule has 5 heteroatoms. The van der Waals surface area contributed by atoms with E-state index in [1.807, 2.05) is 19.1 Å². The van der Waals surface area contributed by atoms with Gasteiger partial charge >= 0.3 is 5.97 Å². The molecule has 0 aromatic heterocycles. The summed E-state index contributed by atoms with van der Waals surface area (Å²) in [6.45, 7) is 5.25. The first-order valence-electron chi connectivity index (χ1n) is 7.38. The number of hydrogen-bond donors (Lipinski definition) is 1. The van der Waals surface area contributed by atoms with E-state index < -0.39 is 0 Å². The topological polar surface area (TPSA) is 38.3 Å². The summed E-state index contributed by atoms with van der Waals surface area (Å²) in [6.07, 6.45) is 3.41. The molecule has 1 atom stereocenters. The van der Waals surface area contributed by atoms with E-state index in [0.29, 0.717) is 23.1 Å². The molecule has 3 nitrogen and oxygen atoms in total. The number of nitrogens with one attached hydrogen (secondary N) is 1. The van der Waals surface area contributed by atoms with Gasteiger partial charge in [-0.3, -0.25) is 4.79 Å². The molecular formula is C16H23Cl2NO2. The van der Waals surface area contributed by atoms with Gasteiger partial charge in [0.15, 0.2) is 0 Å². The summed E-state index contributed by atoms with van der Waals surface area (Å²) >= 11 is 12.1. The SMILES string of the molecule is CCOC(=O)CCCCCNC(C)c1ccc(Cl)cc1Cl. The summed E-state index contributed by atoms with van der Waals surface area (Å²) in [5.41, 5.74) is 1.05. The van der Waals surface area contributed by atoms with Crippen molar-refractivity contribution in [3.63, 3.8) is 0 Å². The van der Waals surface area contributed by atoms with E-state index in [2.05, 4.69) is 12.2 Å². The molecule has 0 bridgehead atoms. The van der Waals surface area contributed by atoms with Crippen LogP contribution in [0, 0.1) is 0 Å². The predicted molar refractivity (Wildman–Crippen MR) is 88.0 cm³/mol. The number of benzene rings is 1. The first-order valence-corrected chi connectivity index (χ1v) is 8.14. The molecule has 0 aliphatic carbocycles. The molecular weight excluding hydrogens is 309 g/mol. The van der Waals surface area contributed by atoms with E-state index in [9.17, 15) is 4.79 Å². The van der Waals surface area contributed by atoms with Crippen LogP contribution in [0.25, 0.3) is 0 Å². The van der Waals surface area contributed by atoms with E-state index in [4.69, 9.17) is 27.9 Å². The Hall–Kier alpha value is -0.770. The van der Waals surface area contributed by atoms with Gasteiger partial charge in [0, 0.05) is 22.5 Å². The largest absolute Gasteiger partial charge is 0.466 e. The number of unbranched alkanes of at least 4 members (excludes halogenated alkanes) is 2. The lowest BCUT2D eigenvalue weighted by Gasteiger charge is -2.15. The van der Waals surface area contributed by atoms with Gasteiger partial charge < -0.3 is 10.1 Å². The Morgan fingerprint density at radius 2 is 2.05 bits per heavy atom. The summed E-state index contributed by atoms with van der Waals surface area (Å²) in [4.78, 5) is 11.2. The van der Waals surface area contributed by atoms with Crippen LogP contribution < -0.4 is 5.32 Å².